The van der Waals surface area contributed by atoms with Crippen LogP contribution in [0.4, 0.5) is 10.1 Å². The van der Waals surface area contributed by atoms with E-state index in [2.05, 4.69) is 4.99 Å². The van der Waals surface area contributed by atoms with Gasteiger partial charge in [-0.1, -0.05) is 11.8 Å². The number of anilines is 1. The Hall–Kier alpha value is -2.22. The second-order valence-corrected chi connectivity index (χ2v) is 5.97. The lowest BCUT2D eigenvalue weighted by atomic mass is 10.2. The summed E-state index contributed by atoms with van der Waals surface area (Å²) in [5.74, 6) is -1.45. The van der Waals surface area contributed by atoms with Crippen LogP contribution in [0.2, 0.25) is 0 Å². The van der Waals surface area contributed by atoms with Crippen molar-refractivity contribution < 1.29 is 18.8 Å². The number of carbonyl (C=O) groups is 3. The van der Waals surface area contributed by atoms with Gasteiger partial charge in [-0.05, 0) is 38.1 Å². The third-order valence-corrected chi connectivity index (χ3v) is 4.41. The van der Waals surface area contributed by atoms with Crippen LogP contribution in [0.15, 0.2) is 29.3 Å². The molecule has 0 aliphatic carbocycles. The van der Waals surface area contributed by atoms with Crippen molar-refractivity contribution in [3.63, 3.8) is 0 Å². The maximum Gasteiger partial charge on any atom is 0.257 e. The van der Waals surface area contributed by atoms with E-state index in [0.29, 0.717) is 18.8 Å². The van der Waals surface area contributed by atoms with Gasteiger partial charge in [-0.15, -0.1) is 0 Å². The van der Waals surface area contributed by atoms with Crippen molar-refractivity contribution >= 4 is 40.3 Å². The number of hydrogen-bond donors (Lipinski definition) is 0. The zero-order chi connectivity index (χ0) is 17.7. The van der Waals surface area contributed by atoms with Crippen LogP contribution in [0.5, 0.6) is 0 Å². The summed E-state index contributed by atoms with van der Waals surface area (Å²) in [6.07, 6.45) is -0.342. The molecule has 1 aliphatic rings. The highest BCUT2D eigenvalue weighted by molar-refractivity contribution is 8.14. The van der Waals surface area contributed by atoms with Crippen molar-refractivity contribution in [1.29, 1.82) is 0 Å². The summed E-state index contributed by atoms with van der Waals surface area (Å²) in [6.45, 7) is 4.92. The molecule has 1 heterocycles. The smallest absolute Gasteiger partial charge is 0.257 e. The quantitative estimate of drug-likeness (QED) is 0.761. The molecule has 0 saturated heterocycles. The van der Waals surface area contributed by atoms with Crippen LogP contribution in [0.3, 0.4) is 0 Å². The molecule has 2 rings (SSSR count). The number of amides is 3. The molecule has 3 amide bonds. The highest BCUT2D eigenvalue weighted by Crippen LogP contribution is 2.24. The number of thioether (sulfide) groups is 1. The topological polar surface area (TPSA) is 70.0 Å². The van der Waals surface area contributed by atoms with Gasteiger partial charge in [0.1, 0.15) is 12.2 Å². The van der Waals surface area contributed by atoms with Crippen molar-refractivity contribution in [2.45, 2.75) is 20.3 Å². The molecular weight excluding hydrogens is 333 g/mol. The third kappa shape index (κ3) is 4.19. The average molecular weight is 351 g/mol. The van der Waals surface area contributed by atoms with E-state index in [4.69, 9.17) is 0 Å². The third-order valence-electron chi connectivity index (χ3n) is 3.49. The van der Waals surface area contributed by atoms with Gasteiger partial charge in [-0.2, -0.15) is 4.99 Å². The Kier molecular flexibility index (Phi) is 6.08. The molecular formula is C16H18FN3O3S. The Balaban J connectivity index is 2.20. The normalized spacial score (nSPS) is 14.6. The summed E-state index contributed by atoms with van der Waals surface area (Å²) in [7, 11) is 0. The van der Waals surface area contributed by atoms with Gasteiger partial charge in [-0.3, -0.25) is 19.3 Å². The van der Waals surface area contributed by atoms with Gasteiger partial charge in [0.25, 0.3) is 5.91 Å². The van der Waals surface area contributed by atoms with E-state index in [0.717, 1.165) is 11.8 Å². The van der Waals surface area contributed by atoms with E-state index in [9.17, 15) is 18.8 Å². The Morgan fingerprint density at radius 2 is 1.88 bits per heavy atom. The van der Waals surface area contributed by atoms with Gasteiger partial charge in [0.05, 0.1) is 11.4 Å². The van der Waals surface area contributed by atoms with Crippen LogP contribution in [0.1, 0.15) is 20.3 Å². The fourth-order valence-corrected chi connectivity index (χ4v) is 3.18. The lowest BCUT2D eigenvalue weighted by Crippen LogP contribution is -2.41. The van der Waals surface area contributed by atoms with Gasteiger partial charge in [0.2, 0.25) is 11.8 Å². The van der Waals surface area contributed by atoms with Crippen LogP contribution < -0.4 is 4.90 Å². The first-order valence-electron chi connectivity index (χ1n) is 7.56. The van der Waals surface area contributed by atoms with Crippen LogP contribution in [0.25, 0.3) is 0 Å². The largest absolute Gasteiger partial charge is 0.343 e. The number of benzene rings is 1. The van der Waals surface area contributed by atoms with Crippen LogP contribution >= 0.6 is 11.8 Å². The summed E-state index contributed by atoms with van der Waals surface area (Å²) < 4.78 is 13.1. The van der Waals surface area contributed by atoms with Crippen molar-refractivity contribution in [2.75, 3.05) is 23.7 Å². The summed E-state index contributed by atoms with van der Waals surface area (Å²) in [6, 6.07) is 5.32. The summed E-state index contributed by atoms with van der Waals surface area (Å²) in [4.78, 5) is 42.7. The Morgan fingerprint density at radius 3 is 2.46 bits per heavy atom. The van der Waals surface area contributed by atoms with Gasteiger partial charge in [-0.25, -0.2) is 4.39 Å². The molecule has 6 nitrogen and oxygen atoms in total. The van der Waals surface area contributed by atoms with E-state index >= 15 is 0 Å². The molecule has 0 unspecified atom stereocenters. The number of amidine groups is 1. The molecule has 0 aromatic heterocycles. The van der Waals surface area contributed by atoms with Crippen molar-refractivity contribution in [3.8, 4) is 0 Å². The maximum atomic E-state index is 13.1. The van der Waals surface area contributed by atoms with E-state index in [1.165, 1.54) is 29.2 Å². The van der Waals surface area contributed by atoms with Gasteiger partial charge in [0.15, 0.2) is 5.17 Å². The number of nitrogens with zero attached hydrogens (tertiary/aromatic N) is 3. The zero-order valence-corrected chi connectivity index (χ0v) is 14.3. The fraction of sp³-hybridized carbons (Fsp3) is 0.375. The van der Waals surface area contributed by atoms with Gasteiger partial charge >= 0.3 is 0 Å². The molecule has 0 bridgehead atoms. The molecule has 0 fully saturated rings. The molecule has 0 saturated carbocycles. The predicted octanol–water partition coefficient (Wildman–Crippen LogP) is 2.05. The van der Waals surface area contributed by atoms with E-state index < -0.39 is 17.6 Å². The standard InChI is InChI=1S/C16H18FN3O3S/c1-3-19(4-2)15(23)10-24-16-18-13(21)9-14(22)20(16)12-7-5-11(17)6-8-12/h5-8H,3-4,9-10H2,1-2H3. The van der Waals surface area contributed by atoms with Gasteiger partial charge in [0, 0.05) is 13.1 Å². The van der Waals surface area contributed by atoms with Crippen LogP contribution in [-0.2, 0) is 14.4 Å². The Bertz CT molecular complexity index is 672. The second-order valence-electron chi connectivity index (χ2n) is 5.03. The Labute approximate surface area is 143 Å². The van der Waals surface area contributed by atoms with Crippen LogP contribution in [-0.4, -0.2) is 46.6 Å². The molecule has 0 N–H and O–H groups in total. The molecule has 0 radical (unpaired) electrons. The van der Waals surface area contributed by atoms with E-state index in [-0.39, 0.29) is 23.2 Å². The minimum absolute atomic E-state index is 0.0682. The number of carbonyl (C=O) groups excluding carboxylic acids is 3. The molecule has 1 aromatic rings. The molecule has 1 aliphatic heterocycles. The Morgan fingerprint density at radius 1 is 1.25 bits per heavy atom. The van der Waals surface area contributed by atoms with E-state index in [1.54, 1.807) is 4.90 Å². The summed E-state index contributed by atoms with van der Waals surface area (Å²) in [5.41, 5.74) is 0.412. The number of halogens is 1. The lowest BCUT2D eigenvalue weighted by Gasteiger charge is -2.26. The molecule has 1 aromatic carbocycles. The first-order valence-corrected chi connectivity index (χ1v) is 8.55. The molecule has 8 heteroatoms. The van der Waals surface area contributed by atoms with Crippen molar-refractivity contribution in [1.82, 2.24) is 4.90 Å². The van der Waals surface area contributed by atoms with E-state index in [1.807, 2.05) is 13.8 Å². The monoisotopic (exact) mass is 351 g/mol. The van der Waals surface area contributed by atoms with Gasteiger partial charge < -0.3 is 4.90 Å². The highest BCUT2D eigenvalue weighted by atomic mass is 32.2. The lowest BCUT2D eigenvalue weighted by molar-refractivity contribution is -0.128. The molecule has 0 atom stereocenters. The second kappa shape index (κ2) is 8.05. The highest BCUT2D eigenvalue weighted by Gasteiger charge is 2.30. The number of hydrogen-bond acceptors (Lipinski definition) is 4. The average Bonchev–Trinajstić information content (AvgIpc) is 2.55. The maximum absolute atomic E-state index is 13.1. The molecule has 0 spiro atoms. The number of rotatable bonds is 5. The minimum atomic E-state index is -0.545. The van der Waals surface area contributed by atoms with Crippen molar-refractivity contribution in [3.05, 3.63) is 30.1 Å². The SMILES string of the molecule is CCN(CC)C(=O)CSC1=NC(=O)CC(=O)N1c1ccc(F)cc1. The fourth-order valence-electron chi connectivity index (χ4n) is 2.25. The number of aliphatic imine (C=N–C) groups is 1. The molecule has 128 valence electrons. The first-order chi connectivity index (χ1) is 11.5. The van der Waals surface area contributed by atoms with Crippen molar-refractivity contribution in [2.24, 2.45) is 4.99 Å². The summed E-state index contributed by atoms with van der Waals surface area (Å²) >= 11 is 1.03. The predicted molar refractivity (Wildman–Crippen MR) is 91.3 cm³/mol. The van der Waals surface area contributed by atoms with Crippen LogP contribution in [0, 0.1) is 5.82 Å². The zero-order valence-electron chi connectivity index (χ0n) is 13.5. The molecule has 24 heavy (non-hydrogen) atoms. The first kappa shape index (κ1) is 18.1. The minimum Gasteiger partial charge on any atom is -0.343 e. The summed E-state index contributed by atoms with van der Waals surface area (Å²) in [5, 5.41) is 0.142.